The lowest BCUT2D eigenvalue weighted by Gasteiger charge is -2.31. The van der Waals surface area contributed by atoms with Crippen LogP contribution in [0.25, 0.3) is 0 Å². The van der Waals surface area contributed by atoms with Gasteiger partial charge in [-0.2, -0.15) is 0 Å². The van der Waals surface area contributed by atoms with Crippen molar-refractivity contribution in [1.82, 2.24) is 10.2 Å². The molecule has 3 rings (SSSR count). The van der Waals surface area contributed by atoms with Gasteiger partial charge in [-0.05, 0) is 38.2 Å². The highest BCUT2D eigenvalue weighted by Crippen LogP contribution is 2.30. The Hall–Kier alpha value is -1.39. The van der Waals surface area contributed by atoms with Crippen LogP contribution in [0.4, 0.5) is 0 Å². The molecule has 4 heteroatoms. The van der Waals surface area contributed by atoms with Gasteiger partial charge in [0, 0.05) is 7.11 Å². The van der Waals surface area contributed by atoms with Gasteiger partial charge >= 0.3 is 0 Å². The average molecular weight is 288 g/mol. The molecule has 0 spiro atoms. The summed E-state index contributed by atoms with van der Waals surface area (Å²) in [7, 11) is 1.75. The fourth-order valence-corrected chi connectivity index (χ4v) is 3.76. The van der Waals surface area contributed by atoms with Gasteiger partial charge in [-0.3, -0.25) is 10.1 Å². The largest absolute Gasteiger partial charge is 0.379 e. The van der Waals surface area contributed by atoms with E-state index >= 15 is 0 Å². The Morgan fingerprint density at radius 2 is 2.05 bits per heavy atom. The number of hydrogen-bond donors (Lipinski definition) is 1. The third-order valence-electron chi connectivity index (χ3n) is 4.77. The first kappa shape index (κ1) is 14.5. The standard InChI is InChI=1S/C17H24N2O2/c1-12-18-14(11-13-7-4-3-5-8-13)17(20)19(12)15-9-6-10-16(15)21-2/h3-5,7-8,12,14-16,18H,6,9-11H2,1-2H3. The summed E-state index contributed by atoms with van der Waals surface area (Å²) in [5.74, 6) is 0.223. The van der Waals surface area contributed by atoms with Crippen molar-refractivity contribution >= 4 is 5.91 Å². The number of amides is 1. The summed E-state index contributed by atoms with van der Waals surface area (Å²) in [5, 5.41) is 3.44. The quantitative estimate of drug-likeness (QED) is 0.920. The van der Waals surface area contributed by atoms with Crippen LogP contribution in [0.5, 0.6) is 0 Å². The number of carbonyl (C=O) groups is 1. The number of hydrogen-bond acceptors (Lipinski definition) is 3. The van der Waals surface area contributed by atoms with Gasteiger partial charge in [-0.25, -0.2) is 0 Å². The number of methoxy groups -OCH3 is 1. The van der Waals surface area contributed by atoms with Gasteiger partial charge in [0.2, 0.25) is 5.91 Å². The minimum Gasteiger partial charge on any atom is -0.379 e. The van der Waals surface area contributed by atoms with Crippen molar-refractivity contribution in [2.45, 2.75) is 57.0 Å². The third kappa shape index (κ3) is 2.83. The Labute approximate surface area is 126 Å². The summed E-state index contributed by atoms with van der Waals surface area (Å²) in [6, 6.07) is 10.3. The Kier molecular flexibility index (Phi) is 4.27. The topological polar surface area (TPSA) is 41.6 Å². The summed E-state index contributed by atoms with van der Waals surface area (Å²) in [6.45, 7) is 2.08. The maximum absolute atomic E-state index is 12.8. The highest BCUT2D eigenvalue weighted by atomic mass is 16.5. The van der Waals surface area contributed by atoms with E-state index in [9.17, 15) is 4.79 Å². The molecule has 1 saturated carbocycles. The normalized spacial score (nSPS) is 32.9. The molecule has 21 heavy (non-hydrogen) atoms. The maximum atomic E-state index is 12.8. The Bertz CT molecular complexity index is 491. The molecule has 1 aliphatic heterocycles. The van der Waals surface area contributed by atoms with Gasteiger partial charge in [0.1, 0.15) is 0 Å². The fraction of sp³-hybridized carbons (Fsp3) is 0.588. The monoisotopic (exact) mass is 288 g/mol. The van der Waals surface area contributed by atoms with E-state index in [2.05, 4.69) is 24.4 Å². The molecule has 1 N–H and O–H groups in total. The van der Waals surface area contributed by atoms with Crippen molar-refractivity contribution in [3.05, 3.63) is 35.9 Å². The zero-order chi connectivity index (χ0) is 14.8. The zero-order valence-corrected chi connectivity index (χ0v) is 12.8. The highest BCUT2D eigenvalue weighted by Gasteiger charge is 2.44. The second kappa shape index (κ2) is 6.16. The predicted octanol–water partition coefficient (Wildman–Crippen LogP) is 1.94. The van der Waals surface area contributed by atoms with Crippen molar-refractivity contribution in [1.29, 1.82) is 0 Å². The van der Waals surface area contributed by atoms with E-state index in [-0.39, 0.29) is 30.3 Å². The molecule has 1 aromatic carbocycles. The molecule has 114 valence electrons. The van der Waals surface area contributed by atoms with E-state index in [1.54, 1.807) is 7.11 Å². The molecule has 0 bridgehead atoms. The number of nitrogens with one attached hydrogen (secondary N) is 1. The summed E-state index contributed by atoms with van der Waals surface area (Å²) in [4.78, 5) is 14.8. The fourth-order valence-electron chi connectivity index (χ4n) is 3.76. The highest BCUT2D eigenvalue weighted by molar-refractivity contribution is 5.85. The third-order valence-corrected chi connectivity index (χ3v) is 4.77. The van der Waals surface area contributed by atoms with Gasteiger partial charge in [0.05, 0.1) is 24.4 Å². The van der Waals surface area contributed by atoms with Crippen LogP contribution in [0.1, 0.15) is 31.7 Å². The van der Waals surface area contributed by atoms with Crippen molar-refractivity contribution in [2.75, 3.05) is 7.11 Å². The molecular weight excluding hydrogens is 264 g/mol. The molecule has 1 aliphatic carbocycles. The molecule has 1 aromatic rings. The average Bonchev–Trinajstić information content (AvgIpc) is 3.05. The summed E-state index contributed by atoms with van der Waals surface area (Å²) in [6.07, 6.45) is 4.28. The number of ether oxygens (including phenoxy) is 1. The van der Waals surface area contributed by atoms with E-state index in [1.807, 2.05) is 23.1 Å². The molecule has 1 saturated heterocycles. The maximum Gasteiger partial charge on any atom is 0.241 e. The second-order valence-electron chi connectivity index (χ2n) is 6.10. The van der Waals surface area contributed by atoms with E-state index in [0.717, 1.165) is 25.7 Å². The molecule has 1 amide bonds. The minimum atomic E-state index is -0.111. The van der Waals surface area contributed by atoms with E-state index in [4.69, 9.17) is 4.74 Å². The van der Waals surface area contributed by atoms with Crippen molar-refractivity contribution in [3.63, 3.8) is 0 Å². The Morgan fingerprint density at radius 3 is 2.76 bits per heavy atom. The summed E-state index contributed by atoms with van der Waals surface area (Å²) < 4.78 is 5.56. The molecule has 4 unspecified atom stereocenters. The molecule has 0 aromatic heterocycles. The summed E-state index contributed by atoms with van der Waals surface area (Å²) >= 11 is 0. The lowest BCUT2D eigenvalue weighted by molar-refractivity contribution is -0.134. The van der Waals surface area contributed by atoms with Crippen LogP contribution in [-0.4, -0.2) is 42.3 Å². The van der Waals surface area contributed by atoms with Crippen LogP contribution in [0, 0.1) is 0 Å². The van der Waals surface area contributed by atoms with Crippen LogP contribution in [0.3, 0.4) is 0 Å². The van der Waals surface area contributed by atoms with E-state index < -0.39 is 0 Å². The van der Waals surface area contributed by atoms with Gasteiger partial charge in [-0.15, -0.1) is 0 Å². The number of nitrogens with zero attached hydrogens (tertiary/aromatic N) is 1. The molecule has 2 aliphatic rings. The van der Waals surface area contributed by atoms with Gasteiger partial charge in [0.15, 0.2) is 0 Å². The lowest BCUT2D eigenvalue weighted by Crippen LogP contribution is -2.47. The van der Waals surface area contributed by atoms with Gasteiger partial charge in [-0.1, -0.05) is 30.3 Å². The SMILES string of the molecule is COC1CCCC1N1C(=O)C(Cc2ccccc2)NC1C. The zero-order valence-electron chi connectivity index (χ0n) is 12.8. The Balaban J connectivity index is 1.71. The molecule has 0 radical (unpaired) electrons. The van der Waals surface area contributed by atoms with E-state index in [1.165, 1.54) is 5.56 Å². The van der Waals surface area contributed by atoms with Crippen molar-refractivity contribution < 1.29 is 9.53 Å². The second-order valence-corrected chi connectivity index (χ2v) is 6.10. The molecule has 4 atom stereocenters. The first-order chi connectivity index (χ1) is 10.2. The number of rotatable bonds is 4. The van der Waals surface area contributed by atoms with Crippen molar-refractivity contribution in [3.8, 4) is 0 Å². The molecule has 1 heterocycles. The molecular formula is C17H24N2O2. The van der Waals surface area contributed by atoms with Crippen LogP contribution in [0.2, 0.25) is 0 Å². The van der Waals surface area contributed by atoms with Crippen LogP contribution < -0.4 is 5.32 Å². The molecule has 2 fully saturated rings. The first-order valence-electron chi connectivity index (χ1n) is 7.85. The first-order valence-corrected chi connectivity index (χ1v) is 7.85. The number of benzene rings is 1. The van der Waals surface area contributed by atoms with Gasteiger partial charge in [0.25, 0.3) is 0 Å². The van der Waals surface area contributed by atoms with Crippen LogP contribution in [0.15, 0.2) is 30.3 Å². The van der Waals surface area contributed by atoms with Crippen molar-refractivity contribution in [2.24, 2.45) is 0 Å². The van der Waals surface area contributed by atoms with Crippen LogP contribution in [-0.2, 0) is 16.0 Å². The molecule has 4 nitrogen and oxygen atoms in total. The minimum absolute atomic E-state index is 0.0898. The summed E-state index contributed by atoms with van der Waals surface area (Å²) in [5.41, 5.74) is 1.20. The smallest absolute Gasteiger partial charge is 0.241 e. The number of carbonyl (C=O) groups excluding carboxylic acids is 1. The predicted molar refractivity (Wildman–Crippen MR) is 81.8 cm³/mol. The van der Waals surface area contributed by atoms with E-state index in [0.29, 0.717) is 0 Å². The van der Waals surface area contributed by atoms with Gasteiger partial charge < -0.3 is 9.64 Å². The lowest BCUT2D eigenvalue weighted by atomic mass is 10.1. The Morgan fingerprint density at radius 1 is 1.29 bits per heavy atom. The van der Waals surface area contributed by atoms with Crippen LogP contribution >= 0.6 is 0 Å².